The van der Waals surface area contributed by atoms with Crippen molar-refractivity contribution in [2.45, 2.75) is 32.1 Å². The Kier molecular flexibility index (Phi) is 2.97. The van der Waals surface area contributed by atoms with E-state index in [0.717, 1.165) is 22.2 Å². The zero-order valence-electron chi connectivity index (χ0n) is 10.2. The van der Waals surface area contributed by atoms with Gasteiger partial charge in [-0.3, -0.25) is 0 Å². The van der Waals surface area contributed by atoms with E-state index in [-0.39, 0.29) is 0 Å². The molecule has 1 aliphatic carbocycles. The van der Waals surface area contributed by atoms with Crippen molar-refractivity contribution in [3.63, 3.8) is 0 Å². The molecule has 0 bridgehead atoms. The number of hydrogen-bond acceptors (Lipinski definition) is 6. The quantitative estimate of drug-likeness (QED) is 0.650. The van der Waals surface area contributed by atoms with Crippen molar-refractivity contribution in [1.82, 2.24) is 15.0 Å². The van der Waals surface area contributed by atoms with E-state index in [1.54, 1.807) is 11.3 Å². The molecule has 3 rings (SSSR count). The maximum Gasteiger partial charge on any atom is 0.143 e. The smallest absolute Gasteiger partial charge is 0.143 e. The molecule has 0 aromatic carbocycles. The van der Waals surface area contributed by atoms with E-state index in [9.17, 15) is 0 Å². The second-order valence-electron chi connectivity index (χ2n) is 4.55. The van der Waals surface area contributed by atoms with Gasteiger partial charge < -0.3 is 5.43 Å². The molecule has 5 nitrogen and oxygen atoms in total. The average molecular weight is 261 g/mol. The Hall–Kier alpha value is -1.53. The Morgan fingerprint density at radius 2 is 2.22 bits per heavy atom. The molecule has 2 aromatic rings. The van der Waals surface area contributed by atoms with Gasteiger partial charge in [-0.15, -0.1) is 11.3 Å². The number of anilines is 1. The lowest BCUT2D eigenvalue weighted by atomic mass is 10.2. The summed E-state index contributed by atoms with van der Waals surface area (Å²) >= 11 is 1.65. The number of hydrogen-bond donors (Lipinski definition) is 2. The molecule has 3 N–H and O–H groups in total. The maximum absolute atomic E-state index is 5.45. The Bertz CT molecular complexity index is 561. The highest BCUT2D eigenvalue weighted by molar-refractivity contribution is 7.09. The molecule has 94 valence electrons. The fourth-order valence-electron chi connectivity index (χ4n) is 1.91. The summed E-state index contributed by atoms with van der Waals surface area (Å²) in [6.07, 6.45) is 3.10. The molecule has 0 aliphatic heterocycles. The van der Waals surface area contributed by atoms with Gasteiger partial charge in [0, 0.05) is 23.1 Å². The van der Waals surface area contributed by atoms with E-state index in [0.29, 0.717) is 18.2 Å². The van der Waals surface area contributed by atoms with Crippen molar-refractivity contribution < 1.29 is 0 Å². The third kappa shape index (κ3) is 2.49. The second kappa shape index (κ2) is 4.62. The standard InChI is InChI=1S/C12H15N5S/c1-7-14-9(6-18-7)4-11-15-10(8-2-3-8)5-12(16-11)17-13/h5-6,8H,2-4,13H2,1H3,(H,15,16,17). The monoisotopic (exact) mass is 261 g/mol. The van der Waals surface area contributed by atoms with Crippen molar-refractivity contribution in [3.8, 4) is 0 Å². The average Bonchev–Trinajstić information content (AvgIpc) is 3.14. The van der Waals surface area contributed by atoms with E-state index >= 15 is 0 Å². The van der Waals surface area contributed by atoms with Gasteiger partial charge in [-0.25, -0.2) is 20.8 Å². The molecule has 0 atom stereocenters. The highest BCUT2D eigenvalue weighted by atomic mass is 32.1. The molecule has 1 saturated carbocycles. The molecule has 1 aliphatic rings. The van der Waals surface area contributed by atoms with Crippen LogP contribution < -0.4 is 11.3 Å². The first kappa shape index (κ1) is 11.6. The number of thiazole rings is 1. The van der Waals surface area contributed by atoms with E-state index in [1.165, 1.54) is 12.8 Å². The zero-order chi connectivity index (χ0) is 12.5. The van der Waals surface area contributed by atoms with Crippen LogP contribution in [0.5, 0.6) is 0 Å². The van der Waals surface area contributed by atoms with Crippen LogP contribution in [0.15, 0.2) is 11.4 Å². The Morgan fingerprint density at radius 1 is 1.39 bits per heavy atom. The fourth-order valence-corrected chi connectivity index (χ4v) is 2.52. The van der Waals surface area contributed by atoms with Gasteiger partial charge in [0.1, 0.15) is 11.6 Å². The van der Waals surface area contributed by atoms with Crippen LogP contribution in [0, 0.1) is 6.92 Å². The molecular weight excluding hydrogens is 246 g/mol. The summed E-state index contributed by atoms with van der Waals surface area (Å²) in [5.74, 6) is 7.52. The van der Waals surface area contributed by atoms with Crippen molar-refractivity contribution in [1.29, 1.82) is 0 Å². The Morgan fingerprint density at radius 3 is 2.83 bits per heavy atom. The number of hydrazine groups is 1. The summed E-state index contributed by atoms with van der Waals surface area (Å²) in [5.41, 5.74) is 4.73. The molecule has 6 heteroatoms. The number of aromatic nitrogens is 3. The van der Waals surface area contributed by atoms with Crippen LogP contribution in [-0.2, 0) is 6.42 Å². The summed E-state index contributed by atoms with van der Waals surface area (Å²) in [7, 11) is 0. The number of nitrogens with one attached hydrogen (secondary N) is 1. The third-order valence-electron chi connectivity index (χ3n) is 2.94. The number of aryl methyl sites for hydroxylation is 1. The van der Waals surface area contributed by atoms with Gasteiger partial charge in [0.25, 0.3) is 0 Å². The summed E-state index contributed by atoms with van der Waals surface area (Å²) in [4.78, 5) is 13.4. The lowest BCUT2D eigenvalue weighted by molar-refractivity contribution is 0.886. The third-order valence-corrected chi connectivity index (χ3v) is 3.76. The van der Waals surface area contributed by atoms with E-state index in [2.05, 4.69) is 25.8 Å². The summed E-state index contributed by atoms with van der Waals surface area (Å²) in [6, 6.07) is 1.94. The van der Waals surface area contributed by atoms with Gasteiger partial charge >= 0.3 is 0 Å². The number of rotatable bonds is 4. The van der Waals surface area contributed by atoms with Gasteiger partial charge in [-0.05, 0) is 19.8 Å². The molecule has 0 saturated heterocycles. The van der Waals surface area contributed by atoms with Crippen LogP contribution in [0.2, 0.25) is 0 Å². The molecule has 2 heterocycles. The first-order chi connectivity index (χ1) is 8.74. The number of nitrogens with zero attached hydrogens (tertiary/aromatic N) is 3. The molecule has 0 amide bonds. The van der Waals surface area contributed by atoms with Crippen LogP contribution in [0.3, 0.4) is 0 Å². The predicted octanol–water partition coefficient (Wildman–Crippen LogP) is 2.00. The van der Waals surface area contributed by atoms with E-state index in [1.807, 2.05) is 13.0 Å². The zero-order valence-corrected chi connectivity index (χ0v) is 11.0. The lowest BCUT2D eigenvalue weighted by Crippen LogP contribution is -2.11. The number of nitrogens with two attached hydrogens (primary N) is 1. The van der Waals surface area contributed by atoms with Gasteiger partial charge in [-0.2, -0.15) is 0 Å². The topological polar surface area (TPSA) is 76.7 Å². The molecular formula is C12H15N5S. The highest BCUT2D eigenvalue weighted by Gasteiger charge is 2.26. The van der Waals surface area contributed by atoms with Crippen molar-refractivity contribution in [3.05, 3.63) is 33.7 Å². The Balaban J connectivity index is 1.88. The minimum absolute atomic E-state index is 0.594. The summed E-state index contributed by atoms with van der Waals surface area (Å²) in [6.45, 7) is 2.00. The van der Waals surface area contributed by atoms with Crippen LogP contribution >= 0.6 is 11.3 Å². The number of nitrogen functional groups attached to an aromatic ring is 1. The second-order valence-corrected chi connectivity index (χ2v) is 5.61. The molecule has 0 unspecified atom stereocenters. The Labute approximate surface area is 109 Å². The fraction of sp³-hybridized carbons (Fsp3) is 0.417. The lowest BCUT2D eigenvalue weighted by Gasteiger charge is -2.06. The molecule has 1 fully saturated rings. The highest BCUT2D eigenvalue weighted by Crippen LogP contribution is 2.39. The summed E-state index contributed by atoms with van der Waals surface area (Å²) in [5, 5.41) is 3.12. The maximum atomic E-state index is 5.45. The van der Waals surface area contributed by atoms with Crippen LogP contribution in [-0.4, -0.2) is 15.0 Å². The van der Waals surface area contributed by atoms with Crippen molar-refractivity contribution in [2.75, 3.05) is 5.43 Å². The largest absolute Gasteiger partial charge is 0.308 e. The van der Waals surface area contributed by atoms with Crippen molar-refractivity contribution >= 4 is 17.2 Å². The van der Waals surface area contributed by atoms with Crippen LogP contribution in [0.25, 0.3) is 0 Å². The van der Waals surface area contributed by atoms with Crippen LogP contribution in [0.1, 0.15) is 41.0 Å². The van der Waals surface area contributed by atoms with E-state index < -0.39 is 0 Å². The van der Waals surface area contributed by atoms with Gasteiger partial charge in [-0.1, -0.05) is 0 Å². The minimum atomic E-state index is 0.594. The van der Waals surface area contributed by atoms with Gasteiger partial charge in [0.05, 0.1) is 17.1 Å². The molecule has 0 spiro atoms. The molecule has 0 radical (unpaired) electrons. The SMILES string of the molecule is Cc1nc(Cc2nc(NN)cc(C3CC3)n2)cs1. The molecule has 18 heavy (non-hydrogen) atoms. The van der Waals surface area contributed by atoms with Crippen LogP contribution in [0.4, 0.5) is 5.82 Å². The minimum Gasteiger partial charge on any atom is -0.308 e. The summed E-state index contributed by atoms with van der Waals surface area (Å²) < 4.78 is 0. The van der Waals surface area contributed by atoms with Gasteiger partial charge in [0.15, 0.2) is 0 Å². The first-order valence-electron chi connectivity index (χ1n) is 6.00. The van der Waals surface area contributed by atoms with Gasteiger partial charge in [0.2, 0.25) is 0 Å². The molecule has 2 aromatic heterocycles. The predicted molar refractivity (Wildman–Crippen MR) is 71.5 cm³/mol. The van der Waals surface area contributed by atoms with E-state index in [4.69, 9.17) is 5.84 Å². The van der Waals surface area contributed by atoms with Crippen molar-refractivity contribution in [2.24, 2.45) is 5.84 Å². The first-order valence-corrected chi connectivity index (χ1v) is 6.88. The normalized spacial score (nSPS) is 14.8.